The summed E-state index contributed by atoms with van der Waals surface area (Å²) in [5, 5.41) is 13.4. The third-order valence-corrected chi connectivity index (χ3v) is 3.44. The number of nitrogens with one attached hydrogen (secondary N) is 1. The number of benzene rings is 1. The molecule has 2 heterocycles. The molecule has 0 radical (unpaired) electrons. The van der Waals surface area contributed by atoms with Gasteiger partial charge in [0.15, 0.2) is 5.58 Å². The monoisotopic (exact) mass is 263 g/mol. The molecule has 0 spiro atoms. The van der Waals surface area contributed by atoms with Gasteiger partial charge in [-0.25, -0.2) is 0 Å². The summed E-state index contributed by atoms with van der Waals surface area (Å²) >= 11 is 0. The molecule has 1 aliphatic heterocycles. The van der Waals surface area contributed by atoms with Crippen LogP contribution in [-0.4, -0.2) is 35.5 Å². The zero-order valence-electron chi connectivity index (χ0n) is 10.6. The van der Waals surface area contributed by atoms with Crippen molar-refractivity contribution < 1.29 is 14.3 Å². The van der Waals surface area contributed by atoms with Crippen LogP contribution in [0.1, 0.15) is 12.8 Å². The first-order valence-corrected chi connectivity index (χ1v) is 6.35. The van der Waals surface area contributed by atoms with Gasteiger partial charge in [0, 0.05) is 32.6 Å². The van der Waals surface area contributed by atoms with Crippen LogP contribution in [0, 0.1) is 0 Å². The minimum Gasteiger partial charge on any atom is -0.423 e. The Morgan fingerprint density at radius 3 is 2.89 bits per heavy atom. The third-order valence-electron chi connectivity index (χ3n) is 3.44. The highest BCUT2D eigenvalue weighted by Gasteiger charge is 2.30. The van der Waals surface area contributed by atoms with Gasteiger partial charge in [-0.15, -0.1) is 0 Å². The van der Waals surface area contributed by atoms with Crippen molar-refractivity contribution in [2.45, 2.75) is 18.4 Å². The number of nitrogens with two attached hydrogens (primary N) is 1. The maximum Gasteiger partial charge on any atom is 0.295 e. The largest absolute Gasteiger partial charge is 0.423 e. The number of aromatic nitrogens is 1. The highest BCUT2D eigenvalue weighted by atomic mass is 16.5. The van der Waals surface area contributed by atoms with Crippen molar-refractivity contribution in [1.82, 2.24) is 4.98 Å². The van der Waals surface area contributed by atoms with E-state index >= 15 is 0 Å². The van der Waals surface area contributed by atoms with Crippen molar-refractivity contribution in [1.29, 1.82) is 0 Å². The molecule has 6 heteroatoms. The molecule has 0 amide bonds. The molecular formula is C13H17N3O3. The summed E-state index contributed by atoms with van der Waals surface area (Å²) < 4.78 is 10.8. The van der Waals surface area contributed by atoms with E-state index in [1.807, 2.05) is 12.1 Å². The number of hydrogen-bond donors (Lipinski definition) is 3. The summed E-state index contributed by atoms with van der Waals surface area (Å²) in [6.07, 6.45) is 1.23. The predicted octanol–water partition coefficient (Wildman–Crippen LogP) is 1.36. The van der Waals surface area contributed by atoms with Crippen LogP contribution < -0.4 is 11.1 Å². The number of fused-ring (bicyclic) bond motifs is 1. The first kappa shape index (κ1) is 12.3. The Hall–Kier alpha value is -1.79. The summed E-state index contributed by atoms with van der Waals surface area (Å²) in [5.41, 5.74) is 6.92. The molecule has 3 rings (SSSR count). The first-order valence-electron chi connectivity index (χ1n) is 6.35. The van der Waals surface area contributed by atoms with E-state index < -0.39 is 5.60 Å². The molecule has 19 heavy (non-hydrogen) atoms. The van der Waals surface area contributed by atoms with E-state index in [0.29, 0.717) is 55.4 Å². The molecule has 2 aromatic rings. The van der Waals surface area contributed by atoms with Crippen molar-refractivity contribution in [3.8, 4) is 0 Å². The second-order valence-corrected chi connectivity index (χ2v) is 4.90. The molecule has 102 valence electrons. The van der Waals surface area contributed by atoms with Gasteiger partial charge in [0.05, 0.1) is 11.3 Å². The number of ether oxygens (including phenoxy) is 1. The van der Waals surface area contributed by atoms with Gasteiger partial charge in [-0.3, -0.25) is 0 Å². The van der Waals surface area contributed by atoms with Crippen molar-refractivity contribution in [2.75, 3.05) is 30.8 Å². The minimum absolute atomic E-state index is 0.382. The van der Waals surface area contributed by atoms with Crippen molar-refractivity contribution >= 4 is 22.8 Å². The second kappa shape index (κ2) is 4.71. The third kappa shape index (κ3) is 2.50. The van der Waals surface area contributed by atoms with Gasteiger partial charge in [-0.1, -0.05) is 6.07 Å². The van der Waals surface area contributed by atoms with Crippen molar-refractivity contribution in [3.05, 3.63) is 18.2 Å². The van der Waals surface area contributed by atoms with Crippen LogP contribution in [0.15, 0.2) is 22.6 Å². The Kier molecular flexibility index (Phi) is 3.04. The highest BCUT2D eigenvalue weighted by molar-refractivity contribution is 5.86. The van der Waals surface area contributed by atoms with E-state index in [1.54, 1.807) is 6.07 Å². The maximum absolute atomic E-state index is 10.3. The highest BCUT2D eigenvalue weighted by Crippen LogP contribution is 2.25. The fourth-order valence-electron chi connectivity index (χ4n) is 2.21. The molecule has 0 saturated carbocycles. The quantitative estimate of drug-likeness (QED) is 0.724. The van der Waals surface area contributed by atoms with E-state index in [0.717, 1.165) is 0 Å². The van der Waals surface area contributed by atoms with Gasteiger partial charge in [-0.2, -0.15) is 4.98 Å². The summed E-state index contributed by atoms with van der Waals surface area (Å²) in [7, 11) is 0. The van der Waals surface area contributed by atoms with E-state index in [1.165, 1.54) is 0 Å². The number of aliphatic hydroxyl groups is 1. The number of oxazole rings is 1. The Bertz CT molecular complexity index is 576. The smallest absolute Gasteiger partial charge is 0.295 e. The van der Waals surface area contributed by atoms with Crippen LogP contribution in [-0.2, 0) is 4.74 Å². The van der Waals surface area contributed by atoms with E-state index in [2.05, 4.69) is 10.3 Å². The molecule has 1 aromatic carbocycles. The molecule has 0 atom stereocenters. The summed E-state index contributed by atoms with van der Waals surface area (Å²) in [6, 6.07) is 5.79. The number of nitrogens with zero attached hydrogens (tertiary/aromatic N) is 1. The number of anilines is 2. The fraction of sp³-hybridized carbons (Fsp3) is 0.462. The van der Waals surface area contributed by atoms with Crippen LogP contribution in [0.5, 0.6) is 0 Å². The number of hydrogen-bond acceptors (Lipinski definition) is 6. The lowest BCUT2D eigenvalue weighted by Gasteiger charge is -2.31. The maximum atomic E-state index is 10.3. The molecule has 0 unspecified atom stereocenters. The average Bonchev–Trinajstić information content (AvgIpc) is 2.82. The molecule has 1 saturated heterocycles. The lowest BCUT2D eigenvalue weighted by atomic mass is 9.94. The standard InChI is InChI=1S/C13H17N3O3/c14-9-2-1-3-10-11(9)16-12(19-10)15-8-13(17)4-6-18-7-5-13/h1-3,17H,4-8,14H2,(H,15,16). The fourth-order valence-corrected chi connectivity index (χ4v) is 2.21. The molecule has 6 nitrogen and oxygen atoms in total. The zero-order chi connectivity index (χ0) is 13.3. The normalized spacial score (nSPS) is 18.6. The van der Waals surface area contributed by atoms with Crippen molar-refractivity contribution in [2.24, 2.45) is 0 Å². The van der Waals surface area contributed by atoms with Crippen LogP contribution in [0.2, 0.25) is 0 Å². The minimum atomic E-state index is -0.759. The van der Waals surface area contributed by atoms with Crippen molar-refractivity contribution in [3.63, 3.8) is 0 Å². The lowest BCUT2D eigenvalue weighted by Crippen LogP contribution is -2.42. The van der Waals surface area contributed by atoms with Crippen LogP contribution >= 0.6 is 0 Å². The van der Waals surface area contributed by atoms with Gasteiger partial charge in [0.2, 0.25) is 0 Å². The summed E-state index contributed by atoms with van der Waals surface area (Å²) in [6.45, 7) is 1.56. The molecule has 1 fully saturated rings. The van der Waals surface area contributed by atoms with E-state index in [4.69, 9.17) is 14.9 Å². The topological polar surface area (TPSA) is 93.5 Å². The average molecular weight is 263 g/mol. The van der Waals surface area contributed by atoms with Gasteiger partial charge < -0.3 is 25.3 Å². The molecule has 1 aromatic heterocycles. The number of nitrogen functional groups attached to an aromatic ring is 1. The molecule has 0 aliphatic carbocycles. The summed E-state index contributed by atoms with van der Waals surface area (Å²) in [4.78, 5) is 4.28. The van der Waals surface area contributed by atoms with E-state index in [9.17, 15) is 5.11 Å². The van der Waals surface area contributed by atoms with Crippen LogP contribution in [0.4, 0.5) is 11.7 Å². The molecular weight excluding hydrogens is 246 g/mol. The number of rotatable bonds is 3. The Balaban J connectivity index is 1.73. The first-order chi connectivity index (χ1) is 9.16. The Morgan fingerprint density at radius 1 is 1.37 bits per heavy atom. The van der Waals surface area contributed by atoms with Gasteiger partial charge in [-0.05, 0) is 12.1 Å². The Morgan fingerprint density at radius 2 is 2.16 bits per heavy atom. The van der Waals surface area contributed by atoms with Gasteiger partial charge in [0.1, 0.15) is 5.52 Å². The SMILES string of the molecule is Nc1cccc2oc(NCC3(O)CCOCC3)nc12. The molecule has 1 aliphatic rings. The predicted molar refractivity (Wildman–Crippen MR) is 71.9 cm³/mol. The molecule has 0 bridgehead atoms. The number of para-hydroxylation sites is 1. The Labute approximate surface area is 110 Å². The second-order valence-electron chi connectivity index (χ2n) is 4.90. The zero-order valence-corrected chi connectivity index (χ0v) is 10.6. The molecule has 4 N–H and O–H groups in total. The van der Waals surface area contributed by atoms with Crippen LogP contribution in [0.25, 0.3) is 11.1 Å². The van der Waals surface area contributed by atoms with Gasteiger partial charge in [0.25, 0.3) is 6.01 Å². The lowest BCUT2D eigenvalue weighted by molar-refractivity contribution is -0.0545. The van der Waals surface area contributed by atoms with E-state index in [-0.39, 0.29) is 0 Å². The summed E-state index contributed by atoms with van der Waals surface area (Å²) in [5.74, 6) is 0. The van der Waals surface area contributed by atoms with Crippen LogP contribution in [0.3, 0.4) is 0 Å². The van der Waals surface area contributed by atoms with Gasteiger partial charge >= 0.3 is 0 Å².